The second-order valence-electron chi connectivity index (χ2n) is 4.56. The average Bonchev–Trinajstić information content (AvgIpc) is 2.73. The smallest absolute Gasteiger partial charge is 0.00313 e. The first-order valence-corrected chi connectivity index (χ1v) is 6.76. The third kappa shape index (κ3) is 2.37. The van der Waals surface area contributed by atoms with Crippen LogP contribution in [0, 0.1) is 11.8 Å². The molecule has 1 heteroatoms. The summed E-state index contributed by atoms with van der Waals surface area (Å²) in [4.78, 5) is 0. The summed E-state index contributed by atoms with van der Waals surface area (Å²) in [5, 5.41) is 1.19. The van der Waals surface area contributed by atoms with Gasteiger partial charge >= 0.3 is 0 Å². The van der Waals surface area contributed by atoms with Crippen molar-refractivity contribution in [3.63, 3.8) is 0 Å². The van der Waals surface area contributed by atoms with Crippen molar-refractivity contribution in [2.75, 3.05) is 5.33 Å². The van der Waals surface area contributed by atoms with Crippen molar-refractivity contribution in [3.8, 4) is 0 Å². The van der Waals surface area contributed by atoms with Gasteiger partial charge in [-0.2, -0.15) is 0 Å². The van der Waals surface area contributed by atoms with Crippen molar-refractivity contribution in [3.05, 3.63) is 11.6 Å². The molecule has 2 atom stereocenters. The Balaban J connectivity index is 1.64. The van der Waals surface area contributed by atoms with Gasteiger partial charge < -0.3 is 0 Å². The van der Waals surface area contributed by atoms with Crippen molar-refractivity contribution >= 4 is 15.9 Å². The van der Waals surface area contributed by atoms with Gasteiger partial charge in [0.15, 0.2) is 0 Å². The first kappa shape index (κ1) is 9.76. The molecule has 0 aromatic heterocycles. The highest BCUT2D eigenvalue weighted by Gasteiger charge is 2.32. The summed E-state index contributed by atoms with van der Waals surface area (Å²) in [5.41, 5.74) is 1.77. The molecular weight excluding hydrogens is 224 g/mol. The Kier molecular flexibility index (Phi) is 3.48. The molecule has 2 unspecified atom stereocenters. The van der Waals surface area contributed by atoms with Crippen LogP contribution in [-0.2, 0) is 0 Å². The minimum atomic E-state index is 1.05. The van der Waals surface area contributed by atoms with Crippen molar-refractivity contribution in [1.82, 2.24) is 0 Å². The predicted molar refractivity (Wildman–Crippen MR) is 61.2 cm³/mol. The van der Waals surface area contributed by atoms with E-state index < -0.39 is 0 Å². The monoisotopic (exact) mass is 242 g/mol. The highest BCUT2D eigenvalue weighted by Crippen LogP contribution is 2.46. The fraction of sp³-hybridized carbons (Fsp3) is 0.833. The summed E-state index contributed by atoms with van der Waals surface area (Å²) in [5.74, 6) is 2.12. The van der Waals surface area contributed by atoms with Gasteiger partial charge in [0.25, 0.3) is 0 Å². The van der Waals surface area contributed by atoms with Gasteiger partial charge in [-0.15, -0.1) is 0 Å². The largest absolute Gasteiger partial charge is 0.0928 e. The molecule has 13 heavy (non-hydrogen) atoms. The van der Waals surface area contributed by atoms with E-state index in [2.05, 4.69) is 22.0 Å². The number of hydrogen-bond donors (Lipinski definition) is 0. The third-order valence-electron chi connectivity index (χ3n) is 3.63. The summed E-state index contributed by atoms with van der Waals surface area (Å²) in [6.07, 6.45) is 12.5. The van der Waals surface area contributed by atoms with Crippen LogP contribution in [0.3, 0.4) is 0 Å². The molecule has 2 aliphatic carbocycles. The lowest BCUT2D eigenvalue weighted by atomic mass is 9.87. The standard InChI is InChI=1S/C12H19Br/c13-7-3-1-2-4-11-8-10-5-6-12(11)9-10/h5,11-12H,1-4,6-9H2. The molecule has 0 N–H and O–H groups in total. The topological polar surface area (TPSA) is 0 Å². The predicted octanol–water partition coefficient (Wildman–Crippen LogP) is 4.30. The maximum absolute atomic E-state index is 3.49. The summed E-state index contributed by atoms with van der Waals surface area (Å²) in [6.45, 7) is 0. The van der Waals surface area contributed by atoms with Crippen LogP contribution in [0.5, 0.6) is 0 Å². The summed E-state index contributed by atoms with van der Waals surface area (Å²) in [6, 6.07) is 0. The Labute approximate surface area is 89.9 Å². The van der Waals surface area contributed by atoms with Crippen molar-refractivity contribution in [1.29, 1.82) is 0 Å². The Morgan fingerprint density at radius 3 is 2.77 bits per heavy atom. The SMILES string of the molecule is BrCCCCCC1CC2=CCC1C2. The molecule has 0 aromatic rings. The second-order valence-corrected chi connectivity index (χ2v) is 5.36. The Morgan fingerprint density at radius 2 is 2.15 bits per heavy atom. The van der Waals surface area contributed by atoms with E-state index in [9.17, 15) is 0 Å². The van der Waals surface area contributed by atoms with E-state index in [0.29, 0.717) is 0 Å². The van der Waals surface area contributed by atoms with Gasteiger partial charge in [0.05, 0.1) is 0 Å². The quantitative estimate of drug-likeness (QED) is 0.383. The van der Waals surface area contributed by atoms with E-state index in [4.69, 9.17) is 0 Å². The second kappa shape index (κ2) is 4.63. The number of halogens is 1. The number of hydrogen-bond acceptors (Lipinski definition) is 0. The zero-order chi connectivity index (χ0) is 9.10. The first-order valence-electron chi connectivity index (χ1n) is 5.64. The molecule has 0 aromatic carbocycles. The lowest BCUT2D eigenvalue weighted by Crippen LogP contribution is -2.07. The summed E-state index contributed by atoms with van der Waals surface area (Å²) in [7, 11) is 0. The summed E-state index contributed by atoms with van der Waals surface area (Å²) < 4.78 is 0. The first-order chi connectivity index (χ1) is 6.40. The average molecular weight is 243 g/mol. The van der Waals surface area contributed by atoms with Gasteiger partial charge in [-0.1, -0.05) is 40.4 Å². The van der Waals surface area contributed by atoms with Crippen LogP contribution in [0.1, 0.15) is 44.9 Å². The number of rotatable bonds is 5. The maximum atomic E-state index is 3.49. The number of alkyl halides is 1. The van der Waals surface area contributed by atoms with Crippen LogP contribution >= 0.6 is 15.9 Å². The van der Waals surface area contributed by atoms with Crippen LogP contribution in [0.2, 0.25) is 0 Å². The molecule has 2 rings (SSSR count). The molecular formula is C12H19Br. The normalized spacial score (nSPS) is 31.0. The minimum absolute atomic E-state index is 1.05. The summed E-state index contributed by atoms with van der Waals surface area (Å²) >= 11 is 3.49. The van der Waals surface area contributed by atoms with Crippen molar-refractivity contribution in [2.24, 2.45) is 11.8 Å². The molecule has 74 valence electrons. The minimum Gasteiger partial charge on any atom is -0.0928 e. The van der Waals surface area contributed by atoms with Crippen molar-refractivity contribution < 1.29 is 0 Å². The van der Waals surface area contributed by atoms with Crippen LogP contribution in [0.25, 0.3) is 0 Å². The molecule has 0 nitrogen and oxygen atoms in total. The molecule has 0 spiro atoms. The molecule has 0 amide bonds. The van der Waals surface area contributed by atoms with Crippen molar-refractivity contribution in [2.45, 2.75) is 44.9 Å². The molecule has 0 heterocycles. The fourth-order valence-corrected chi connectivity index (χ4v) is 3.26. The van der Waals surface area contributed by atoms with E-state index in [0.717, 1.165) is 11.8 Å². The lowest BCUT2D eigenvalue weighted by molar-refractivity contribution is 0.353. The van der Waals surface area contributed by atoms with Gasteiger partial charge in [0.1, 0.15) is 0 Å². The number of allylic oxidation sites excluding steroid dienone is 2. The molecule has 2 bridgehead atoms. The third-order valence-corrected chi connectivity index (χ3v) is 4.19. The molecule has 0 radical (unpaired) electrons. The highest BCUT2D eigenvalue weighted by atomic mass is 79.9. The van der Waals surface area contributed by atoms with Gasteiger partial charge in [0, 0.05) is 5.33 Å². The van der Waals surface area contributed by atoms with E-state index in [-0.39, 0.29) is 0 Å². The highest BCUT2D eigenvalue weighted by molar-refractivity contribution is 9.09. The zero-order valence-corrected chi connectivity index (χ0v) is 9.85. The van der Waals surface area contributed by atoms with E-state index in [1.54, 1.807) is 5.57 Å². The number of fused-ring (bicyclic) bond motifs is 2. The molecule has 2 aliphatic rings. The van der Waals surface area contributed by atoms with Gasteiger partial charge in [0.2, 0.25) is 0 Å². The molecule has 1 fully saturated rings. The van der Waals surface area contributed by atoms with E-state index in [1.165, 1.54) is 50.3 Å². The molecule has 0 aliphatic heterocycles. The number of unbranched alkanes of at least 4 members (excludes halogenated alkanes) is 2. The van der Waals surface area contributed by atoms with Crippen LogP contribution < -0.4 is 0 Å². The van der Waals surface area contributed by atoms with Gasteiger partial charge in [-0.25, -0.2) is 0 Å². The molecule has 0 saturated heterocycles. The Bertz CT molecular complexity index is 195. The fourth-order valence-electron chi connectivity index (χ4n) is 2.87. The lowest BCUT2D eigenvalue weighted by Gasteiger charge is -2.18. The van der Waals surface area contributed by atoms with Crippen LogP contribution in [0.4, 0.5) is 0 Å². The van der Waals surface area contributed by atoms with E-state index >= 15 is 0 Å². The van der Waals surface area contributed by atoms with Crippen LogP contribution in [-0.4, -0.2) is 5.33 Å². The molecule has 1 saturated carbocycles. The maximum Gasteiger partial charge on any atom is 0.00313 e. The van der Waals surface area contributed by atoms with E-state index in [1.807, 2.05) is 0 Å². The Morgan fingerprint density at radius 1 is 1.23 bits per heavy atom. The Hall–Kier alpha value is 0.220. The van der Waals surface area contributed by atoms with Gasteiger partial charge in [-0.05, 0) is 43.9 Å². The van der Waals surface area contributed by atoms with Gasteiger partial charge in [-0.3, -0.25) is 0 Å². The van der Waals surface area contributed by atoms with Crippen LogP contribution in [0.15, 0.2) is 11.6 Å². The zero-order valence-electron chi connectivity index (χ0n) is 8.27.